The van der Waals surface area contributed by atoms with E-state index in [1.165, 1.54) is 28.0 Å². The minimum absolute atomic E-state index is 0. The lowest BCUT2D eigenvalue weighted by Crippen LogP contribution is -2.71. The SMILES string of the molecule is N.O=C(Cc1cccs1)N[C@@H]1C(=O)N2C(C(=O)[O-])=C(C[n+]3ccccc3)CS[C@H]12. The topological polar surface area (TPSA) is 128 Å². The van der Waals surface area contributed by atoms with E-state index in [1.54, 1.807) is 0 Å². The first-order valence-electron chi connectivity index (χ1n) is 8.68. The van der Waals surface area contributed by atoms with E-state index in [2.05, 4.69) is 5.32 Å². The van der Waals surface area contributed by atoms with Gasteiger partial charge in [0.2, 0.25) is 5.91 Å². The predicted octanol–water partition coefficient (Wildman–Crippen LogP) is -0.156. The van der Waals surface area contributed by atoms with Gasteiger partial charge < -0.3 is 21.4 Å². The van der Waals surface area contributed by atoms with E-state index in [0.717, 1.165) is 4.88 Å². The van der Waals surface area contributed by atoms with Crippen molar-refractivity contribution >= 4 is 40.9 Å². The first kappa shape index (κ1) is 21.0. The second kappa shape index (κ2) is 8.76. The Balaban J connectivity index is 0.00000240. The molecule has 0 aliphatic carbocycles. The fourth-order valence-electron chi connectivity index (χ4n) is 3.35. The van der Waals surface area contributed by atoms with Crippen molar-refractivity contribution in [2.24, 2.45) is 0 Å². The van der Waals surface area contributed by atoms with Crippen LogP contribution in [0, 0.1) is 0 Å². The Bertz CT molecular complexity index is 946. The molecule has 1 fully saturated rings. The number of hydrogen-bond acceptors (Lipinski definition) is 7. The second-order valence-electron chi connectivity index (χ2n) is 6.50. The molecule has 0 saturated carbocycles. The van der Waals surface area contributed by atoms with Crippen LogP contribution in [0.4, 0.5) is 0 Å². The molecule has 2 aliphatic heterocycles. The van der Waals surface area contributed by atoms with E-state index in [4.69, 9.17) is 0 Å². The maximum atomic E-state index is 12.6. The molecule has 4 N–H and O–H groups in total. The van der Waals surface area contributed by atoms with Crippen molar-refractivity contribution in [3.8, 4) is 0 Å². The number of fused-ring (bicyclic) bond motifs is 1. The van der Waals surface area contributed by atoms with E-state index in [-0.39, 0.29) is 24.2 Å². The van der Waals surface area contributed by atoms with Crippen molar-refractivity contribution in [3.63, 3.8) is 0 Å². The Hall–Kier alpha value is -2.69. The third kappa shape index (κ3) is 4.19. The summed E-state index contributed by atoms with van der Waals surface area (Å²) < 4.78 is 1.85. The molecular formula is C19H20N4O4S2. The van der Waals surface area contributed by atoms with E-state index < -0.39 is 23.3 Å². The molecule has 4 heterocycles. The van der Waals surface area contributed by atoms with Gasteiger partial charge in [0.05, 0.1) is 18.1 Å². The highest BCUT2D eigenvalue weighted by Crippen LogP contribution is 2.40. The van der Waals surface area contributed by atoms with Crippen molar-refractivity contribution in [3.05, 3.63) is 64.3 Å². The summed E-state index contributed by atoms with van der Waals surface area (Å²) in [6, 6.07) is 8.59. The summed E-state index contributed by atoms with van der Waals surface area (Å²) in [6.45, 7) is 0.364. The van der Waals surface area contributed by atoms with Crippen LogP contribution < -0.4 is 21.1 Å². The molecule has 10 heteroatoms. The number of carbonyl (C=O) groups is 3. The highest BCUT2D eigenvalue weighted by molar-refractivity contribution is 8.00. The van der Waals surface area contributed by atoms with Gasteiger partial charge in [0.1, 0.15) is 11.4 Å². The average Bonchev–Trinajstić information content (AvgIpc) is 3.19. The van der Waals surface area contributed by atoms with Gasteiger partial charge in [-0.1, -0.05) is 12.1 Å². The van der Waals surface area contributed by atoms with Gasteiger partial charge in [0.25, 0.3) is 5.91 Å². The maximum absolute atomic E-state index is 12.6. The standard InChI is InChI=1S/C19H17N3O4S2.H3N/c23-14(9-13-5-4-8-27-13)20-15-17(24)22-16(19(25)26)12(11-28-18(15)22)10-21-6-2-1-3-7-21;/h1-8,15,18H,9-11H2,(H-,20,23,25,26);1H3/t15-,18-;/m1./s1. The number of aliphatic carboxylic acids is 1. The largest absolute Gasteiger partial charge is 0.543 e. The molecule has 4 rings (SSSR count). The molecule has 2 aromatic heterocycles. The zero-order valence-corrected chi connectivity index (χ0v) is 17.1. The van der Waals surface area contributed by atoms with Crippen molar-refractivity contribution in [2.45, 2.75) is 24.4 Å². The number of amides is 2. The number of carboxylic acids is 1. The summed E-state index contributed by atoms with van der Waals surface area (Å²) in [6.07, 6.45) is 3.88. The minimum atomic E-state index is -1.37. The molecule has 0 aromatic carbocycles. The smallest absolute Gasteiger partial charge is 0.253 e. The third-order valence-electron chi connectivity index (χ3n) is 4.62. The summed E-state index contributed by atoms with van der Waals surface area (Å²) in [5, 5.41) is 16.0. The minimum Gasteiger partial charge on any atom is -0.543 e. The van der Waals surface area contributed by atoms with Gasteiger partial charge in [0.15, 0.2) is 18.9 Å². The lowest BCUT2D eigenvalue weighted by Gasteiger charge is -2.50. The summed E-state index contributed by atoms with van der Waals surface area (Å²) in [4.78, 5) is 38.8. The zero-order valence-electron chi connectivity index (χ0n) is 15.4. The van der Waals surface area contributed by atoms with Gasteiger partial charge in [-0.2, -0.15) is 0 Å². The summed E-state index contributed by atoms with van der Waals surface area (Å²) >= 11 is 2.93. The molecule has 1 saturated heterocycles. The number of nitrogens with zero attached hydrogens (tertiary/aromatic N) is 2. The monoisotopic (exact) mass is 432 g/mol. The Kier molecular flexibility index (Phi) is 6.36. The van der Waals surface area contributed by atoms with E-state index in [1.807, 2.05) is 52.7 Å². The summed E-state index contributed by atoms with van der Waals surface area (Å²) in [7, 11) is 0. The highest BCUT2D eigenvalue weighted by atomic mass is 32.2. The van der Waals surface area contributed by atoms with Crippen LogP contribution in [-0.2, 0) is 27.3 Å². The van der Waals surface area contributed by atoms with E-state index in [9.17, 15) is 19.5 Å². The molecular weight excluding hydrogens is 412 g/mol. The lowest BCUT2D eigenvalue weighted by molar-refractivity contribution is -0.689. The fourth-order valence-corrected chi connectivity index (χ4v) is 5.39. The Morgan fingerprint density at radius 2 is 2.00 bits per heavy atom. The lowest BCUT2D eigenvalue weighted by atomic mass is 10.0. The number of β-lactam (4-membered cyclic amide) rings is 1. The summed E-state index contributed by atoms with van der Waals surface area (Å²) in [5.74, 6) is -1.57. The predicted molar refractivity (Wildman–Crippen MR) is 107 cm³/mol. The number of hydrogen-bond donors (Lipinski definition) is 2. The van der Waals surface area contributed by atoms with Crippen LogP contribution in [0.15, 0.2) is 59.4 Å². The first-order chi connectivity index (χ1) is 13.5. The maximum Gasteiger partial charge on any atom is 0.253 e. The second-order valence-corrected chi connectivity index (χ2v) is 8.64. The molecule has 2 amide bonds. The fraction of sp³-hybridized carbons (Fsp3) is 0.263. The quantitative estimate of drug-likeness (QED) is 0.482. The van der Waals surface area contributed by atoms with Gasteiger partial charge in [-0.25, -0.2) is 4.57 Å². The van der Waals surface area contributed by atoms with Crippen LogP contribution in [0.25, 0.3) is 0 Å². The molecule has 0 unspecified atom stereocenters. The highest BCUT2D eigenvalue weighted by Gasteiger charge is 2.53. The number of carboxylic acid groups (broad SMARTS) is 1. The number of thioether (sulfide) groups is 1. The number of nitrogens with one attached hydrogen (secondary N) is 1. The third-order valence-corrected chi connectivity index (χ3v) is 6.84. The summed E-state index contributed by atoms with van der Waals surface area (Å²) in [5.41, 5.74) is 0.544. The Labute approximate surface area is 175 Å². The molecule has 152 valence electrons. The number of carbonyl (C=O) groups excluding carboxylic acids is 3. The van der Waals surface area contributed by atoms with Crippen LogP contribution in [-0.4, -0.2) is 39.9 Å². The number of pyridine rings is 1. The Morgan fingerprint density at radius 1 is 1.24 bits per heavy atom. The van der Waals surface area contributed by atoms with Crippen LogP contribution >= 0.6 is 23.1 Å². The van der Waals surface area contributed by atoms with Gasteiger partial charge in [-0.3, -0.25) is 14.5 Å². The average molecular weight is 433 g/mol. The zero-order chi connectivity index (χ0) is 19.7. The molecule has 2 aromatic rings. The normalized spacial score (nSPS) is 20.4. The van der Waals surface area contributed by atoms with Crippen LogP contribution in [0.3, 0.4) is 0 Å². The first-order valence-corrected chi connectivity index (χ1v) is 10.6. The molecule has 0 radical (unpaired) electrons. The molecule has 2 aliphatic rings. The molecule has 8 nitrogen and oxygen atoms in total. The van der Waals surface area contributed by atoms with Crippen LogP contribution in [0.5, 0.6) is 0 Å². The van der Waals surface area contributed by atoms with Crippen molar-refractivity contribution < 1.29 is 24.1 Å². The van der Waals surface area contributed by atoms with Gasteiger partial charge in [-0.15, -0.1) is 23.1 Å². The van der Waals surface area contributed by atoms with Crippen LogP contribution in [0.2, 0.25) is 0 Å². The van der Waals surface area contributed by atoms with Crippen molar-refractivity contribution in [1.29, 1.82) is 0 Å². The number of rotatable bonds is 6. The van der Waals surface area contributed by atoms with E-state index in [0.29, 0.717) is 17.9 Å². The van der Waals surface area contributed by atoms with Crippen molar-refractivity contribution in [1.82, 2.24) is 16.4 Å². The van der Waals surface area contributed by atoms with E-state index >= 15 is 0 Å². The van der Waals surface area contributed by atoms with Gasteiger partial charge >= 0.3 is 0 Å². The van der Waals surface area contributed by atoms with Gasteiger partial charge in [-0.05, 0) is 11.4 Å². The molecule has 0 bridgehead atoms. The Morgan fingerprint density at radius 3 is 2.66 bits per heavy atom. The molecule has 0 spiro atoms. The number of aromatic nitrogens is 1. The molecule has 29 heavy (non-hydrogen) atoms. The van der Waals surface area contributed by atoms with Crippen molar-refractivity contribution in [2.75, 3.05) is 5.75 Å². The molecule has 2 atom stereocenters. The van der Waals surface area contributed by atoms with Crippen LogP contribution in [0.1, 0.15) is 4.88 Å². The van der Waals surface area contributed by atoms with Gasteiger partial charge in [0, 0.05) is 28.3 Å². The number of thiophene rings is 1.